The quantitative estimate of drug-likeness (QED) is 0.273. The number of benzene rings is 3. The smallest absolute Gasteiger partial charge is 0.225 e. The second-order valence-electron chi connectivity index (χ2n) is 7.92. The molecule has 0 aromatic heterocycles. The summed E-state index contributed by atoms with van der Waals surface area (Å²) in [6.07, 6.45) is 0.265. The predicted molar refractivity (Wildman–Crippen MR) is 123 cm³/mol. The van der Waals surface area contributed by atoms with E-state index in [9.17, 15) is 9.59 Å². The third kappa shape index (κ3) is 3.58. The van der Waals surface area contributed by atoms with Gasteiger partial charge >= 0.3 is 0 Å². The lowest BCUT2D eigenvalue weighted by atomic mass is 9.60. The van der Waals surface area contributed by atoms with E-state index < -0.39 is 10.5 Å². The van der Waals surface area contributed by atoms with Gasteiger partial charge < -0.3 is 9.47 Å². The zero-order valence-corrected chi connectivity index (χ0v) is 18.7. The Morgan fingerprint density at radius 1 is 0.625 bits per heavy atom. The van der Waals surface area contributed by atoms with Crippen molar-refractivity contribution in [2.24, 2.45) is 0 Å². The molecule has 3 aliphatic rings. The second kappa shape index (κ2) is 8.61. The minimum atomic E-state index is -0.429. The van der Waals surface area contributed by atoms with Crippen molar-refractivity contribution in [3.8, 4) is 11.5 Å². The van der Waals surface area contributed by atoms with Gasteiger partial charge in [-0.25, -0.2) is 0 Å². The summed E-state index contributed by atoms with van der Waals surface area (Å²) in [5.74, 6) is 1.42. The third-order valence-electron chi connectivity index (χ3n) is 6.13. The van der Waals surface area contributed by atoms with E-state index in [0.29, 0.717) is 0 Å². The summed E-state index contributed by atoms with van der Waals surface area (Å²) in [6.45, 7) is 0.410. The van der Waals surface area contributed by atoms with Crippen LogP contribution in [0, 0.1) is 0 Å². The zero-order chi connectivity index (χ0) is 22.2. The standard InChI is InChI=1S/C26H20Cl2O4/c27-21(29)11-13-31-19-9-10-20(32-14-12-22(28)30)26-24-16-6-2-1-5-15(16)23(25(19)26)17-7-3-4-8-18(17)24/h1-10,23-24H,11-14H2. The Morgan fingerprint density at radius 3 is 1.28 bits per heavy atom. The van der Waals surface area contributed by atoms with Crippen LogP contribution in [0.5, 0.6) is 11.5 Å². The highest BCUT2D eigenvalue weighted by Crippen LogP contribution is 2.60. The molecule has 0 spiro atoms. The molecule has 0 radical (unpaired) electrons. The molecular weight excluding hydrogens is 447 g/mol. The molecular formula is C26H20Cl2O4. The maximum atomic E-state index is 11.2. The molecule has 0 unspecified atom stereocenters. The lowest BCUT2D eigenvalue weighted by Gasteiger charge is -2.43. The van der Waals surface area contributed by atoms with Crippen molar-refractivity contribution in [1.29, 1.82) is 0 Å². The molecule has 0 fully saturated rings. The first kappa shape index (κ1) is 21.0. The molecule has 162 valence electrons. The molecule has 3 aliphatic carbocycles. The van der Waals surface area contributed by atoms with Crippen molar-refractivity contribution < 1.29 is 19.1 Å². The zero-order valence-electron chi connectivity index (χ0n) is 17.1. The normalized spacial score (nSPS) is 17.2. The molecule has 2 bridgehead atoms. The molecule has 0 N–H and O–H groups in total. The van der Waals surface area contributed by atoms with Gasteiger partial charge in [-0.15, -0.1) is 0 Å². The maximum absolute atomic E-state index is 11.2. The molecule has 3 aromatic carbocycles. The monoisotopic (exact) mass is 466 g/mol. The molecule has 6 rings (SSSR count). The van der Waals surface area contributed by atoms with Gasteiger partial charge in [-0.1, -0.05) is 48.5 Å². The van der Waals surface area contributed by atoms with E-state index in [1.807, 2.05) is 12.1 Å². The van der Waals surface area contributed by atoms with Crippen molar-refractivity contribution in [2.45, 2.75) is 24.7 Å². The molecule has 6 heteroatoms. The number of carbonyl (C=O) groups excluding carboxylic acids is 2. The SMILES string of the molecule is O=C(Cl)CCOc1ccc(OCCC(=O)Cl)c2c1C1c3ccccc3C2c2ccccc21. The van der Waals surface area contributed by atoms with E-state index in [2.05, 4.69) is 48.5 Å². The Balaban J connectivity index is 1.66. The van der Waals surface area contributed by atoms with Crippen LogP contribution >= 0.6 is 23.2 Å². The van der Waals surface area contributed by atoms with Gasteiger partial charge in [0.1, 0.15) is 11.5 Å². The number of hydrogen-bond acceptors (Lipinski definition) is 4. The minimum Gasteiger partial charge on any atom is -0.493 e. The van der Waals surface area contributed by atoms with E-state index in [1.165, 1.54) is 22.3 Å². The maximum Gasteiger partial charge on any atom is 0.225 e. The summed E-state index contributed by atoms with van der Waals surface area (Å²) in [6, 6.07) is 20.6. The van der Waals surface area contributed by atoms with Crippen LogP contribution in [0.3, 0.4) is 0 Å². The summed E-state index contributed by atoms with van der Waals surface area (Å²) in [4.78, 5) is 22.5. The fourth-order valence-electron chi connectivity index (χ4n) is 4.96. The molecule has 0 aliphatic heterocycles. The molecule has 4 nitrogen and oxygen atoms in total. The van der Waals surface area contributed by atoms with Crippen LogP contribution in [0.25, 0.3) is 0 Å². The topological polar surface area (TPSA) is 52.6 Å². The van der Waals surface area contributed by atoms with Gasteiger partial charge in [0.2, 0.25) is 10.5 Å². The Bertz CT molecular complexity index is 1080. The number of ether oxygens (including phenoxy) is 2. The number of carbonyl (C=O) groups is 2. The lowest BCUT2D eigenvalue weighted by Crippen LogP contribution is -2.29. The second-order valence-corrected chi connectivity index (χ2v) is 8.76. The Morgan fingerprint density at radius 2 is 0.969 bits per heavy atom. The lowest BCUT2D eigenvalue weighted by molar-refractivity contribution is -0.113. The van der Waals surface area contributed by atoms with Crippen LogP contribution in [0.4, 0.5) is 0 Å². The fraction of sp³-hybridized carbons (Fsp3) is 0.231. The molecule has 32 heavy (non-hydrogen) atoms. The highest BCUT2D eigenvalue weighted by atomic mass is 35.5. The first-order valence-corrected chi connectivity index (χ1v) is 11.3. The van der Waals surface area contributed by atoms with Crippen molar-refractivity contribution >= 4 is 33.7 Å². The summed E-state index contributed by atoms with van der Waals surface area (Å²) in [7, 11) is 0. The molecule has 0 saturated carbocycles. The van der Waals surface area contributed by atoms with Crippen molar-refractivity contribution in [2.75, 3.05) is 13.2 Å². The fourth-order valence-corrected chi connectivity index (χ4v) is 5.11. The highest BCUT2D eigenvalue weighted by molar-refractivity contribution is 6.63. The Labute approximate surface area is 196 Å². The first-order valence-electron chi connectivity index (χ1n) is 10.5. The summed E-state index contributed by atoms with van der Waals surface area (Å²) in [5, 5.41) is -0.858. The van der Waals surface area contributed by atoms with Crippen LogP contribution in [-0.4, -0.2) is 23.7 Å². The molecule has 0 atom stereocenters. The van der Waals surface area contributed by atoms with Gasteiger partial charge in [0.15, 0.2) is 0 Å². The summed E-state index contributed by atoms with van der Waals surface area (Å²) in [5.41, 5.74) is 7.07. The van der Waals surface area contributed by atoms with E-state index in [4.69, 9.17) is 32.7 Å². The number of halogens is 2. The van der Waals surface area contributed by atoms with Crippen LogP contribution in [-0.2, 0) is 9.59 Å². The summed E-state index contributed by atoms with van der Waals surface area (Å²) < 4.78 is 12.1. The van der Waals surface area contributed by atoms with E-state index in [0.717, 1.165) is 22.6 Å². The van der Waals surface area contributed by atoms with Gasteiger partial charge in [-0.3, -0.25) is 9.59 Å². The van der Waals surface area contributed by atoms with E-state index in [1.54, 1.807) is 0 Å². The van der Waals surface area contributed by atoms with E-state index >= 15 is 0 Å². The largest absolute Gasteiger partial charge is 0.493 e. The molecule has 0 saturated heterocycles. The van der Waals surface area contributed by atoms with E-state index in [-0.39, 0.29) is 37.9 Å². The van der Waals surface area contributed by atoms with Crippen LogP contribution in [0.2, 0.25) is 0 Å². The predicted octanol–water partition coefficient (Wildman–Crippen LogP) is 5.74. The molecule has 3 aromatic rings. The Kier molecular flexibility index (Phi) is 5.66. The van der Waals surface area contributed by atoms with Crippen molar-refractivity contribution in [3.63, 3.8) is 0 Å². The minimum absolute atomic E-state index is 0.0117. The van der Waals surface area contributed by atoms with Gasteiger partial charge in [-0.2, -0.15) is 0 Å². The average Bonchev–Trinajstić information content (AvgIpc) is 2.79. The molecule has 0 heterocycles. The van der Waals surface area contributed by atoms with Gasteiger partial charge in [0, 0.05) is 23.0 Å². The van der Waals surface area contributed by atoms with Crippen LogP contribution in [0.15, 0.2) is 60.7 Å². The first-order chi connectivity index (χ1) is 15.6. The Hall–Kier alpha value is -2.82. The van der Waals surface area contributed by atoms with Crippen molar-refractivity contribution in [3.05, 3.63) is 94.0 Å². The summed E-state index contributed by atoms with van der Waals surface area (Å²) >= 11 is 11.0. The number of rotatable bonds is 8. The average molecular weight is 467 g/mol. The molecule has 0 amide bonds. The van der Waals surface area contributed by atoms with Crippen LogP contribution in [0.1, 0.15) is 58.1 Å². The van der Waals surface area contributed by atoms with Gasteiger partial charge in [0.25, 0.3) is 0 Å². The number of hydrogen-bond donors (Lipinski definition) is 0. The highest BCUT2D eigenvalue weighted by Gasteiger charge is 2.44. The third-order valence-corrected chi connectivity index (χ3v) is 6.51. The van der Waals surface area contributed by atoms with Crippen molar-refractivity contribution in [1.82, 2.24) is 0 Å². The van der Waals surface area contributed by atoms with Crippen LogP contribution < -0.4 is 9.47 Å². The van der Waals surface area contributed by atoms with Gasteiger partial charge in [0.05, 0.1) is 26.1 Å². The van der Waals surface area contributed by atoms with Gasteiger partial charge in [-0.05, 0) is 57.6 Å².